The number of hydrogen-bond donors (Lipinski definition) is 1. The van der Waals surface area contributed by atoms with Crippen molar-refractivity contribution in [3.63, 3.8) is 0 Å². The van der Waals surface area contributed by atoms with Crippen molar-refractivity contribution in [3.05, 3.63) is 114 Å². The van der Waals surface area contributed by atoms with Gasteiger partial charge in [0.2, 0.25) is 5.91 Å². The van der Waals surface area contributed by atoms with Crippen LogP contribution in [0, 0.1) is 12.8 Å². The molecule has 5 nitrogen and oxygen atoms in total. The molecule has 0 aliphatic carbocycles. The van der Waals surface area contributed by atoms with Crippen LogP contribution in [0.1, 0.15) is 30.5 Å². The molecule has 196 valence electrons. The second kappa shape index (κ2) is 12.9. The minimum Gasteiger partial charge on any atom is -0.483 e. The van der Waals surface area contributed by atoms with Gasteiger partial charge in [0.25, 0.3) is 5.91 Å². The molecule has 0 saturated carbocycles. The fourth-order valence-corrected chi connectivity index (χ4v) is 4.41. The zero-order valence-corrected chi connectivity index (χ0v) is 22.4. The van der Waals surface area contributed by atoms with Gasteiger partial charge in [0.15, 0.2) is 6.61 Å². The van der Waals surface area contributed by atoms with Crippen molar-refractivity contribution in [2.75, 3.05) is 13.2 Å². The summed E-state index contributed by atoms with van der Waals surface area (Å²) in [4.78, 5) is 29.0. The predicted molar refractivity (Wildman–Crippen MR) is 153 cm³/mol. The summed E-state index contributed by atoms with van der Waals surface area (Å²) in [5, 5.41) is 5.05. The highest BCUT2D eigenvalue weighted by Crippen LogP contribution is 2.25. The van der Waals surface area contributed by atoms with Crippen LogP contribution in [-0.4, -0.2) is 35.9 Å². The van der Waals surface area contributed by atoms with Gasteiger partial charge in [-0.05, 0) is 35.4 Å². The zero-order valence-electron chi connectivity index (χ0n) is 22.4. The number of ether oxygens (including phenoxy) is 1. The lowest BCUT2D eigenvalue weighted by atomic mass is 10.0. The van der Waals surface area contributed by atoms with Gasteiger partial charge in [0, 0.05) is 24.9 Å². The highest BCUT2D eigenvalue weighted by molar-refractivity contribution is 5.90. The first-order valence-electron chi connectivity index (χ1n) is 13.2. The number of amides is 2. The first-order chi connectivity index (χ1) is 18.4. The maximum absolute atomic E-state index is 13.8. The molecule has 5 heteroatoms. The zero-order chi connectivity index (χ0) is 26.9. The molecule has 0 heterocycles. The Balaban J connectivity index is 1.63. The van der Waals surface area contributed by atoms with Gasteiger partial charge >= 0.3 is 0 Å². The second-order valence-electron chi connectivity index (χ2n) is 10.1. The smallest absolute Gasteiger partial charge is 0.261 e. The number of aryl methyl sites for hydroxylation is 1. The molecule has 4 aromatic carbocycles. The molecule has 2 amide bonds. The van der Waals surface area contributed by atoms with Crippen LogP contribution < -0.4 is 10.1 Å². The fraction of sp³-hybridized carbons (Fsp3) is 0.273. The number of rotatable bonds is 11. The normalized spacial score (nSPS) is 11.8. The Morgan fingerprint density at radius 1 is 0.816 bits per heavy atom. The molecule has 38 heavy (non-hydrogen) atoms. The average molecular weight is 509 g/mol. The number of carbonyl (C=O) groups excluding carboxylic acids is 2. The van der Waals surface area contributed by atoms with Crippen LogP contribution in [0.5, 0.6) is 5.75 Å². The molecule has 4 aromatic rings. The second-order valence-corrected chi connectivity index (χ2v) is 10.1. The lowest BCUT2D eigenvalue weighted by Gasteiger charge is -2.32. The van der Waals surface area contributed by atoms with Crippen molar-refractivity contribution in [2.24, 2.45) is 5.92 Å². The molecule has 0 aromatic heterocycles. The average Bonchev–Trinajstić information content (AvgIpc) is 2.93. The molecule has 4 rings (SSSR count). The van der Waals surface area contributed by atoms with Gasteiger partial charge in [0.05, 0.1) is 0 Å². The summed E-state index contributed by atoms with van der Waals surface area (Å²) >= 11 is 0. The van der Waals surface area contributed by atoms with E-state index in [0.29, 0.717) is 31.2 Å². The van der Waals surface area contributed by atoms with Crippen LogP contribution in [0.3, 0.4) is 0 Å². The molecule has 0 fully saturated rings. The van der Waals surface area contributed by atoms with Gasteiger partial charge in [-0.2, -0.15) is 0 Å². The van der Waals surface area contributed by atoms with Crippen LogP contribution in [0.25, 0.3) is 10.8 Å². The maximum Gasteiger partial charge on any atom is 0.261 e. The molecule has 0 aliphatic heterocycles. The molecule has 0 saturated heterocycles. The lowest BCUT2D eigenvalue weighted by Crippen LogP contribution is -2.52. The topological polar surface area (TPSA) is 58.6 Å². The summed E-state index contributed by atoms with van der Waals surface area (Å²) in [6.07, 6.45) is 0.413. The first kappa shape index (κ1) is 26.9. The number of nitrogens with one attached hydrogen (secondary N) is 1. The third-order valence-electron chi connectivity index (χ3n) is 6.53. The van der Waals surface area contributed by atoms with Crippen LogP contribution in [0.4, 0.5) is 0 Å². The van der Waals surface area contributed by atoms with E-state index in [1.54, 1.807) is 4.90 Å². The molecule has 0 spiro atoms. The molecule has 1 unspecified atom stereocenters. The fourth-order valence-electron chi connectivity index (χ4n) is 4.41. The monoisotopic (exact) mass is 508 g/mol. The first-order valence-corrected chi connectivity index (χ1v) is 13.2. The van der Waals surface area contributed by atoms with Gasteiger partial charge in [-0.25, -0.2) is 0 Å². The van der Waals surface area contributed by atoms with Crippen molar-refractivity contribution in [1.82, 2.24) is 10.2 Å². The molecule has 0 aliphatic rings. The molecule has 1 atom stereocenters. The summed E-state index contributed by atoms with van der Waals surface area (Å²) in [5.74, 6) is 0.551. The SMILES string of the molecule is Cc1ccc(CN(C(=O)COc2cccc3ccccc23)C(Cc2ccccc2)C(=O)NCC(C)C)cc1. The number of carbonyl (C=O) groups is 2. The Bertz CT molecular complexity index is 1340. The van der Waals surface area contributed by atoms with Crippen molar-refractivity contribution in [3.8, 4) is 5.75 Å². The van der Waals surface area contributed by atoms with Crippen LogP contribution in [0.2, 0.25) is 0 Å². The van der Waals surface area contributed by atoms with E-state index >= 15 is 0 Å². The van der Waals surface area contributed by atoms with E-state index in [9.17, 15) is 9.59 Å². The number of hydrogen-bond acceptors (Lipinski definition) is 3. The summed E-state index contributed by atoms with van der Waals surface area (Å²) in [6.45, 7) is 6.83. The number of benzene rings is 4. The number of fused-ring (bicyclic) bond motifs is 1. The van der Waals surface area contributed by atoms with E-state index in [1.165, 1.54) is 0 Å². The highest BCUT2D eigenvalue weighted by atomic mass is 16.5. The Morgan fingerprint density at radius 2 is 1.50 bits per heavy atom. The maximum atomic E-state index is 13.8. The van der Waals surface area contributed by atoms with Crippen LogP contribution in [-0.2, 0) is 22.6 Å². The van der Waals surface area contributed by atoms with Gasteiger partial charge in [-0.15, -0.1) is 0 Å². The third-order valence-corrected chi connectivity index (χ3v) is 6.53. The quantitative estimate of drug-likeness (QED) is 0.273. The van der Waals surface area contributed by atoms with Crippen molar-refractivity contribution < 1.29 is 14.3 Å². The van der Waals surface area contributed by atoms with Gasteiger partial charge in [-0.3, -0.25) is 9.59 Å². The van der Waals surface area contributed by atoms with Crippen LogP contribution >= 0.6 is 0 Å². The summed E-state index contributed by atoms with van der Waals surface area (Å²) < 4.78 is 6.07. The Hall–Kier alpha value is -4.12. The predicted octanol–water partition coefficient (Wildman–Crippen LogP) is 5.94. The van der Waals surface area contributed by atoms with Gasteiger partial charge < -0.3 is 15.0 Å². The standard InChI is InChI=1S/C33H36N2O3/c1-24(2)21-34-33(37)30(20-26-10-5-4-6-11-26)35(22-27-18-16-25(3)17-19-27)32(36)23-38-31-15-9-13-28-12-7-8-14-29(28)31/h4-19,24,30H,20-23H2,1-3H3,(H,34,37). The summed E-state index contributed by atoms with van der Waals surface area (Å²) in [7, 11) is 0. The summed E-state index contributed by atoms with van der Waals surface area (Å²) in [5.41, 5.74) is 3.10. The van der Waals surface area contributed by atoms with E-state index < -0.39 is 6.04 Å². The molecule has 1 N–H and O–H groups in total. The molecular formula is C33H36N2O3. The molecule has 0 radical (unpaired) electrons. The summed E-state index contributed by atoms with van der Waals surface area (Å²) in [6, 6.07) is 31.0. The molecular weight excluding hydrogens is 472 g/mol. The van der Waals surface area contributed by atoms with Crippen molar-refractivity contribution in [1.29, 1.82) is 0 Å². The van der Waals surface area contributed by atoms with Crippen molar-refractivity contribution in [2.45, 2.75) is 39.8 Å². The van der Waals surface area contributed by atoms with Gasteiger partial charge in [-0.1, -0.05) is 110 Å². The van der Waals surface area contributed by atoms with Gasteiger partial charge in [0.1, 0.15) is 11.8 Å². The lowest BCUT2D eigenvalue weighted by molar-refractivity contribution is -0.142. The third kappa shape index (κ3) is 7.22. The van der Waals surface area contributed by atoms with E-state index in [1.807, 2.05) is 104 Å². The number of nitrogens with zero attached hydrogens (tertiary/aromatic N) is 1. The largest absolute Gasteiger partial charge is 0.483 e. The van der Waals surface area contributed by atoms with E-state index in [-0.39, 0.29) is 18.4 Å². The Labute approximate surface area is 225 Å². The van der Waals surface area contributed by atoms with E-state index in [2.05, 4.69) is 19.2 Å². The van der Waals surface area contributed by atoms with Crippen LogP contribution in [0.15, 0.2) is 97.1 Å². The molecule has 0 bridgehead atoms. The highest BCUT2D eigenvalue weighted by Gasteiger charge is 2.30. The van der Waals surface area contributed by atoms with E-state index in [0.717, 1.165) is 27.5 Å². The Kier molecular flexibility index (Phi) is 9.15. The minimum absolute atomic E-state index is 0.159. The van der Waals surface area contributed by atoms with E-state index in [4.69, 9.17) is 4.74 Å². The minimum atomic E-state index is -0.680. The van der Waals surface area contributed by atoms with Crippen molar-refractivity contribution >= 4 is 22.6 Å². The Morgan fingerprint density at radius 3 is 2.24 bits per heavy atom.